The number of methoxy groups -OCH3 is 1. The van der Waals surface area contributed by atoms with Crippen LogP contribution >= 0.6 is 11.6 Å². The fourth-order valence-electron chi connectivity index (χ4n) is 5.63. The molecule has 2 atom stereocenters. The van der Waals surface area contributed by atoms with Crippen LogP contribution < -0.4 is 20.5 Å². The molecule has 11 heteroatoms. The van der Waals surface area contributed by atoms with E-state index < -0.39 is 28.9 Å². The van der Waals surface area contributed by atoms with Gasteiger partial charge in [0, 0.05) is 46.3 Å². The van der Waals surface area contributed by atoms with E-state index in [-0.39, 0.29) is 41.1 Å². The molecule has 0 radical (unpaired) electrons. The highest BCUT2D eigenvalue weighted by molar-refractivity contribution is 6.31. The van der Waals surface area contributed by atoms with Gasteiger partial charge in [-0.2, -0.15) is 0 Å². The molecule has 0 fully saturated rings. The first-order valence-electron chi connectivity index (χ1n) is 14.4. The molecule has 3 heterocycles. The Balaban J connectivity index is 1.45. The third-order valence-electron chi connectivity index (χ3n) is 8.31. The summed E-state index contributed by atoms with van der Waals surface area (Å²) < 4.78 is 40.8. The van der Waals surface area contributed by atoms with E-state index in [2.05, 4.69) is 10.3 Å². The van der Waals surface area contributed by atoms with Gasteiger partial charge in [0.05, 0.1) is 17.8 Å². The van der Waals surface area contributed by atoms with Crippen molar-refractivity contribution in [3.05, 3.63) is 118 Å². The number of primary amides is 1. The molecule has 5 aromatic rings. The molecule has 2 amide bonds. The monoisotopic (exact) mass is 642 g/mol. The Labute approximate surface area is 268 Å². The van der Waals surface area contributed by atoms with Gasteiger partial charge < -0.3 is 20.5 Å². The third-order valence-corrected chi connectivity index (χ3v) is 8.60. The van der Waals surface area contributed by atoms with Crippen LogP contribution in [0.4, 0.5) is 8.78 Å². The number of nitrogens with zero attached hydrogens (tertiary/aromatic N) is 2. The fourth-order valence-corrected chi connectivity index (χ4v) is 5.80. The number of hydrogen-bond donors (Lipinski definition) is 2. The number of nitrogens with two attached hydrogens (primary N) is 1. The van der Waals surface area contributed by atoms with Gasteiger partial charge in [-0.1, -0.05) is 48.0 Å². The van der Waals surface area contributed by atoms with Crippen LogP contribution in [0.3, 0.4) is 0 Å². The van der Waals surface area contributed by atoms with Gasteiger partial charge in [-0.15, -0.1) is 0 Å². The number of carbonyl (C=O) groups excluding carboxylic acids is 2. The first-order valence-corrected chi connectivity index (χ1v) is 14.8. The number of hydrogen-bond acceptors (Lipinski definition) is 6. The molecule has 1 unspecified atom stereocenters. The molecule has 0 aliphatic carbocycles. The SMILES string of the molecule is COc1cc(C(=O)NCC(c2ccccc2)c2cc3c(c(-c4cc(Cl)c(F)cc4F)n2)OC[C@]3(C)C(N)=O)cc2ccc(C)nc12. The minimum Gasteiger partial charge on any atom is -0.494 e. The molecule has 1 aliphatic heterocycles. The molecular weight excluding hydrogens is 614 g/mol. The number of pyridine rings is 2. The highest BCUT2D eigenvalue weighted by Gasteiger charge is 2.44. The van der Waals surface area contributed by atoms with Crippen LogP contribution in [0.25, 0.3) is 22.2 Å². The summed E-state index contributed by atoms with van der Waals surface area (Å²) in [6.45, 7) is 3.48. The average molecular weight is 643 g/mol. The van der Waals surface area contributed by atoms with Gasteiger partial charge in [0.2, 0.25) is 5.91 Å². The first-order chi connectivity index (χ1) is 22.0. The zero-order valence-corrected chi connectivity index (χ0v) is 25.9. The molecule has 1 aliphatic rings. The summed E-state index contributed by atoms with van der Waals surface area (Å²) >= 11 is 6.06. The lowest BCUT2D eigenvalue weighted by molar-refractivity contribution is -0.123. The largest absolute Gasteiger partial charge is 0.494 e. The van der Waals surface area contributed by atoms with Crippen molar-refractivity contribution in [2.45, 2.75) is 25.2 Å². The summed E-state index contributed by atoms with van der Waals surface area (Å²) in [6.07, 6.45) is 0. The van der Waals surface area contributed by atoms with Crippen molar-refractivity contribution in [3.8, 4) is 22.8 Å². The summed E-state index contributed by atoms with van der Waals surface area (Å²) in [5, 5.41) is 3.43. The lowest BCUT2D eigenvalue weighted by atomic mass is 9.81. The van der Waals surface area contributed by atoms with E-state index in [9.17, 15) is 14.0 Å². The molecule has 3 N–H and O–H groups in total. The Bertz CT molecular complexity index is 2020. The Kier molecular flexibility index (Phi) is 8.08. The number of aryl methyl sites for hydroxylation is 1. The number of fused-ring (bicyclic) bond motifs is 2. The second kappa shape index (κ2) is 12.0. The molecule has 6 rings (SSSR count). The lowest BCUT2D eigenvalue weighted by Crippen LogP contribution is -2.40. The average Bonchev–Trinajstić information content (AvgIpc) is 3.40. The normalized spacial score (nSPS) is 16.0. The van der Waals surface area contributed by atoms with Crippen molar-refractivity contribution in [3.63, 3.8) is 0 Å². The highest BCUT2D eigenvalue weighted by atomic mass is 35.5. The minimum atomic E-state index is -1.26. The second-order valence-electron chi connectivity index (χ2n) is 11.4. The van der Waals surface area contributed by atoms with Crippen LogP contribution in [0.15, 0.2) is 72.8 Å². The van der Waals surface area contributed by atoms with Gasteiger partial charge in [0.15, 0.2) is 0 Å². The van der Waals surface area contributed by atoms with Gasteiger partial charge in [0.1, 0.15) is 46.4 Å². The number of aromatic nitrogens is 2. The van der Waals surface area contributed by atoms with Crippen molar-refractivity contribution < 1.29 is 27.8 Å². The summed E-state index contributed by atoms with van der Waals surface area (Å²) in [4.78, 5) is 35.6. The minimum absolute atomic E-state index is 0.0335. The molecule has 0 bridgehead atoms. The lowest BCUT2D eigenvalue weighted by Gasteiger charge is -2.23. The summed E-state index contributed by atoms with van der Waals surface area (Å²) in [7, 11) is 1.52. The van der Waals surface area contributed by atoms with Crippen molar-refractivity contribution >= 4 is 34.3 Å². The van der Waals surface area contributed by atoms with Gasteiger partial charge in [-0.25, -0.2) is 18.7 Å². The standard InChI is InChI=1S/C35H29ClF2N4O4/c1-18-9-10-20-11-21(12-29(45-3)30(20)41-18)33(43)40-16-23(19-7-5-4-6-8-19)28-14-24-32(46-17-35(24,2)34(39)44)31(42-28)22-13-25(36)27(38)15-26(22)37/h4-15,23H,16-17H2,1-3H3,(H2,39,44)(H,40,43)/t23?,35-/m0/s1. The van der Waals surface area contributed by atoms with Gasteiger partial charge in [-0.05, 0) is 49.7 Å². The number of amides is 2. The molecule has 2 aromatic heterocycles. The number of rotatable bonds is 8. The van der Waals surface area contributed by atoms with E-state index >= 15 is 4.39 Å². The maximum atomic E-state index is 15.3. The zero-order chi connectivity index (χ0) is 32.7. The van der Waals surface area contributed by atoms with E-state index in [4.69, 9.17) is 31.8 Å². The number of benzene rings is 3. The third kappa shape index (κ3) is 5.49. The number of carbonyl (C=O) groups is 2. The Morgan fingerprint density at radius 1 is 1.07 bits per heavy atom. The van der Waals surface area contributed by atoms with Gasteiger partial charge >= 0.3 is 0 Å². The van der Waals surface area contributed by atoms with E-state index in [1.807, 2.05) is 49.4 Å². The number of nitrogens with one attached hydrogen (secondary N) is 1. The van der Waals surface area contributed by atoms with E-state index in [0.717, 1.165) is 22.7 Å². The molecule has 46 heavy (non-hydrogen) atoms. The van der Waals surface area contributed by atoms with Crippen LogP contribution in [0, 0.1) is 18.6 Å². The van der Waals surface area contributed by atoms with E-state index in [1.165, 1.54) is 7.11 Å². The maximum Gasteiger partial charge on any atom is 0.251 e. The van der Waals surface area contributed by atoms with Crippen molar-refractivity contribution in [1.29, 1.82) is 0 Å². The molecule has 3 aromatic carbocycles. The van der Waals surface area contributed by atoms with Crippen LogP contribution in [-0.2, 0) is 10.2 Å². The molecule has 0 saturated heterocycles. The van der Waals surface area contributed by atoms with Crippen molar-refractivity contribution in [2.24, 2.45) is 5.73 Å². The summed E-state index contributed by atoms with van der Waals surface area (Å²) in [5.41, 5.74) is 7.89. The molecule has 0 spiro atoms. The van der Waals surface area contributed by atoms with Crippen LogP contribution in [0.1, 0.15) is 45.7 Å². The summed E-state index contributed by atoms with van der Waals surface area (Å²) in [6, 6.07) is 19.9. The Morgan fingerprint density at radius 3 is 2.54 bits per heavy atom. The van der Waals surface area contributed by atoms with Crippen molar-refractivity contribution in [1.82, 2.24) is 15.3 Å². The number of halogens is 3. The smallest absolute Gasteiger partial charge is 0.251 e. The van der Waals surface area contributed by atoms with Crippen molar-refractivity contribution in [2.75, 3.05) is 20.3 Å². The second-order valence-corrected chi connectivity index (χ2v) is 11.8. The Morgan fingerprint density at radius 2 is 1.83 bits per heavy atom. The van der Waals surface area contributed by atoms with Gasteiger partial charge in [0.25, 0.3) is 5.91 Å². The highest BCUT2D eigenvalue weighted by Crippen LogP contribution is 2.46. The molecule has 0 saturated carbocycles. The van der Waals surface area contributed by atoms with E-state index in [1.54, 1.807) is 25.1 Å². The van der Waals surface area contributed by atoms with Gasteiger partial charge in [-0.3, -0.25) is 9.59 Å². The fraction of sp³-hybridized carbons (Fsp3) is 0.200. The molecule has 8 nitrogen and oxygen atoms in total. The van der Waals surface area contributed by atoms with Crippen LogP contribution in [0.5, 0.6) is 11.5 Å². The molecular formula is C35H29ClF2N4O4. The van der Waals surface area contributed by atoms with E-state index in [0.29, 0.717) is 34.2 Å². The first kappa shape index (κ1) is 30.9. The summed E-state index contributed by atoms with van der Waals surface area (Å²) in [5.74, 6) is -2.82. The predicted octanol–water partition coefficient (Wildman–Crippen LogP) is 6.24. The molecule has 234 valence electrons. The predicted molar refractivity (Wildman–Crippen MR) is 170 cm³/mol. The number of ether oxygens (including phenoxy) is 2. The maximum absolute atomic E-state index is 15.3. The van der Waals surface area contributed by atoms with Crippen LogP contribution in [-0.4, -0.2) is 42.0 Å². The Hall–Kier alpha value is -5.09. The van der Waals surface area contributed by atoms with Crippen LogP contribution in [0.2, 0.25) is 5.02 Å². The zero-order valence-electron chi connectivity index (χ0n) is 25.2. The topological polar surface area (TPSA) is 116 Å². The quantitative estimate of drug-likeness (QED) is 0.194.